The highest BCUT2D eigenvalue weighted by molar-refractivity contribution is 5.74. The first-order valence-electron chi connectivity index (χ1n) is 8.37. The van der Waals surface area contributed by atoms with E-state index in [0.717, 1.165) is 25.7 Å². The second-order valence-electron chi connectivity index (χ2n) is 7.48. The monoisotopic (exact) mass is 328 g/mol. The van der Waals surface area contributed by atoms with Crippen molar-refractivity contribution in [3.63, 3.8) is 0 Å². The Hall–Kier alpha value is -1.34. The number of aliphatic carboxylic acids is 1. The van der Waals surface area contributed by atoms with Crippen molar-refractivity contribution in [3.05, 3.63) is 0 Å². The Balaban J connectivity index is 2.09. The number of amides is 1. The van der Waals surface area contributed by atoms with Crippen LogP contribution in [0.1, 0.15) is 59.3 Å². The topological polar surface area (TPSA) is 99.1 Å². The second kappa shape index (κ2) is 7.05. The molecule has 2 rings (SSSR count). The van der Waals surface area contributed by atoms with Crippen LogP contribution < -0.4 is 5.32 Å². The van der Waals surface area contributed by atoms with Crippen LogP contribution in [0.4, 0.5) is 4.79 Å². The molecule has 3 N–H and O–H groups in total. The minimum Gasteiger partial charge on any atom is -0.480 e. The number of rotatable bonds is 2. The summed E-state index contributed by atoms with van der Waals surface area (Å²) in [6.07, 6.45) is 3.08. The maximum absolute atomic E-state index is 12.0. The van der Waals surface area contributed by atoms with Crippen molar-refractivity contribution in [1.82, 2.24) is 10.2 Å². The fourth-order valence-electron chi connectivity index (χ4n) is 3.55. The van der Waals surface area contributed by atoms with Crippen molar-refractivity contribution >= 4 is 12.1 Å². The minimum absolute atomic E-state index is 0.0642. The quantitative estimate of drug-likeness (QED) is 0.713. The van der Waals surface area contributed by atoms with Gasteiger partial charge in [0, 0.05) is 6.04 Å². The third-order valence-corrected chi connectivity index (χ3v) is 4.51. The number of carbonyl (C=O) groups excluding carboxylic acids is 1. The zero-order valence-corrected chi connectivity index (χ0v) is 14.1. The highest BCUT2D eigenvalue weighted by Gasteiger charge is 2.44. The highest BCUT2D eigenvalue weighted by atomic mass is 16.6. The van der Waals surface area contributed by atoms with Crippen molar-refractivity contribution in [3.8, 4) is 0 Å². The molecule has 2 fully saturated rings. The molecular weight excluding hydrogens is 300 g/mol. The van der Waals surface area contributed by atoms with Gasteiger partial charge in [0.2, 0.25) is 0 Å². The molecule has 0 aliphatic carbocycles. The van der Waals surface area contributed by atoms with Gasteiger partial charge in [-0.05, 0) is 46.5 Å². The van der Waals surface area contributed by atoms with Crippen LogP contribution in [0.15, 0.2) is 0 Å². The molecule has 1 amide bonds. The van der Waals surface area contributed by atoms with Crippen LogP contribution in [0.25, 0.3) is 0 Å². The lowest BCUT2D eigenvalue weighted by Crippen LogP contribution is -2.58. The van der Waals surface area contributed by atoms with Gasteiger partial charge in [-0.15, -0.1) is 0 Å². The molecule has 0 bridgehead atoms. The Bertz CT molecular complexity index is 448. The van der Waals surface area contributed by atoms with E-state index in [1.807, 2.05) is 0 Å². The van der Waals surface area contributed by atoms with Gasteiger partial charge < -0.3 is 20.3 Å². The molecule has 0 saturated carbocycles. The Labute approximate surface area is 137 Å². The lowest BCUT2D eigenvalue weighted by atomic mass is 9.98. The summed E-state index contributed by atoms with van der Waals surface area (Å²) < 4.78 is 5.25. The molecule has 2 aliphatic rings. The molecule has 0 aromatic rings. The first kappa shape index (κ1) is 18.0. The molecule has 7 nitrogen and oxygen atoms in total. The normalized spacial score (nSPS) is 32.5. The van der Waals surface area contributed by atoms with Crippen LogP contribution in [0.2, 0.25) is 0 Å². The van der Waals surface area contributed by atoms with Gasteiger partial charge in [0.05, 0.1) is 6.04 Å². The van der Waals surface area contributed by atoms with Gasteiger partial charge in [0.15, 0.2) is 0 Å². The van der Waals surface area contributed by atoms with E-state index in [0.29, 0.717) is 12.8 Å². The molecule has 7 heteroatoms. The zero-order valence-electron chi connectivity index (χ0n) is 14.1. The summed E-state index contributed by atoms with van der Waals surface area (Å²) >= 11 is 0. The SMILES string of the molecule is CC(C)(C)OC(=O)N[C@H]1CCCC[C@H]2CC[C@@H](C(=O)O)N2C1O. The number of carboxylic acid groups (broad SMARTS) is 1. The van der Waals surface area contributed by atoms with E-state index in [9.17, 15) is 19.8 Å². The van der Waals surface area contributed by atoms with E-state index in [4.69, 9.17) is 4.74 Å². The van der Waals surface area contributed by atoms with Gasteiger partial charge in [0.1, 0.15) is 17.9 Å². The maximum Gasteiger partial charge on any atom is 0.408 e. The van der Waals surface area contributed by atoms with E-state index >= 15 is 0 Å². The number of nitrogens with zero attached hydrogens (tertiary/aromatic N) is 1. The molecular formula is C16H28N2O5. The van der Waals surface area contributed by atoms with Gasteiger partial charge >= 0.3 is 12.1 Å². The Morgan fingerprint density at radius 2 is 1.78 bits per heavy atom. The molecule has 4 atom stereocenters. The number of aliphatic hydroxyl groups is 1. The predicted molar refractivity (Wildman–Crippen MR) is 83.9 cm³/mol. The summed E-state index contributed by atoms with van der Waals surface area (Å²) in [6.45, 7) is 5.33. The summed E-state index contributed by atoms with van der Waals surface area (Å²) in [4.78, 5) is 25.1. The van der Waals surface area contributed by atoms with Gasteiger partial charge in [-0.1, -0.05) is 12.8 Å². The molecule has 0 aromatic carbocycles. The number of alkyl carbamates (subject to hydrolysis) is 1. The van der Waals surface area contributed by atoms with Crippen molar-refractivity contribution in [2.24, 2.45) is 0 Å². The molecule has 2 heterocycles. The van der Waals surface area contributed by atoms with Gasteiger partial charge in [0.25, 0.3) is 0 Å². The smallest absolute Gasteiger partial charge is 0.408 e. The second-order valence-corrected chi connectivity index (χ2v) is 7.48. The lowest BCUT2D eigenvalue weighted by Gasteiger charge is -2.39. The number of hydrogen-bond acceptors (Lipinski definition) is 5. The van der Waals surface area contributed by atoms with Crippen LogP contribution in [0.5, 0.6) is 0 Å². The van der Waals surface area contributed by atoms with E-state index < -0.39 is 36.0 Å². The Kier molecular flexibility index (Phi) is 5.52. The van der Waals surface area contributed by atoms with Crippen LogP contribution in [0, 0.1) is 0 Å². The molecule has 2 aliphatic heterocycles. The number of aliphatic hydroxyl groups excluding tert-OH is 1. The molecule has 0 spiro atoms. The summed E-state index contributed by atoms with van der Waals surface area (Å²) in [5, 5.41) is 22.8. The fourth-order valence-corrected chi connectivity index (χ4v) is 3.55. The third kappa shape index (κ3) is 4.57. The van der Waals surface area contributed by atoms with Crippen molar-refractivity contribution in [2.45, 2.75) is 89.3 Å². The highest BCUT2D eigenvalue weighted by Crippen LogP contribution is 2.33. The van der Waals surface area contributed by atoms with Crippen LogP contribution in [-0.4, -0.2) is 57.1 Å². The van der Waals surface area contributed by atoms with E-state index in [2.05, 4.69) is 5.32 Å². The first-order valence-corrected chi connectivity index (χ1v) is 8.37. The fraction of sp³-hybridized carbons (Fsp3) is 0.875. The lowest BCUT2D eigenvalue weighted by molar-refractivity contribution is -0.149. The third-order valence-electron chi connectivity index (χ3n) is 4.51. The summed E-state index contributed by atoms with van der Waals surface area (Å²) in [7, 11) is 0. The van der Waals surface area contributed by atoms with Crippen LogP contribution in [0.3, 0.4) is 0 Å². The number of hydrogen-bond donors (Lipinski definition) is 3. The van der Waals surface area contributed by atoms with Crippen LogP contribution in [-0.2, 0) is 9.53 Å². The van der Waals surface area contributed by atoms with E-state index in [-0.39, 0.29) is 6.04 Å². The Morgan fingerprint density at radius 3 is 2.39 bits per heavy atom. The van der Waals surface area contributed by atoms with E-state index in [1.54, 1.807) is 25.7 Å². The van der Waals surface area contributed by atoms with Crippen LogP contribution >= 0.6 is 0 Å². The van der Waals surface area contributed by atoms with Crippen molar-refractivity contribution in [1.29, 1.82) is 0 Å². The molecule has 2 saturated heterocycles. The number of carbonyl (C=O) groups is 2. The van der Waals surface area contributed by atoms with Crippen molar-refractivity contribution < 1.29 is 24.5 Å². The molecule has 0 aromatic heterocycles. The number of nitrogens with one attached hydrogen (secondary N) is 1. The van der Waals surface area contributed by atoms with Crippen molar-refractivity contribution in [2.75, 3.05) is 0 Å². The van der Waals surface area contributed by atoms with Gasteiger partial charge in [-0.25, -0.2) is 4.79 Å². The first-order chi connectivity index (χ1) is 10.7. The van der Waals surface area contributed by atoms with Gasteiger partial charge in [-0.3, -0.25) is 9.69 Å². The summed E-state index contributed by atoms with van der Waals surface area (Å²) in [5.41, 5.74) is -0.615. The predicted octanol–water partition coefficient (Wildman–Crippen LogP) is 1.69. The molecule has 0 radical (unpaired) electrons. The minimum atomic E-state index is -1.00. The summed E-state index contributed by atoms with van der Waals surface area (Å²) in [6, 6.07) is -1.14. The molecule has 23 heavy (non-hydrogen) atoms. The Morgan fingerprint density at radius 1 is 1.13 bits per heavy atom. The molecule has 132 valence electrons. The number of ether oxygens (including phenoxy) is 1. The molecule has 1 unspecified atom stereocenters. The average Bonchev–Trinajstić information content (AvgIpc) is 2.81. The average molecular weight is 328 g/mol. The number of carboxylic acids is 1. The summed E-state index contributed by atoms with van der Waals surface area (Å²) in [5.74, 6) is -0.914. The van der Waals surface area contributed by atoms with Gasteiger partial charge in [-0.2, -0.15) is 0 Å². The standard InChI is InChI=1S/C16H28N2O5/c1-16(2,3)23-15(22)17-11-7-5-4-6-10-8-9-12(14(20)21)18(10)13(11)19/h10-13,19H,4-9H2,1-3H3,(H,17,22)(H,20,21)/t10-,11-,12-,13?/m0/s1. The number of fused-ring (bicyclic) bond motifs is 1. The largest absolute Gasteiger partial charge is 0.480 e. The van der Waals surface area contributed by atoms with E-state index in [1.165, 1.54) is 0 Å². The zero-order chi connectivity index (χ0) is 17.2. The maximum atomic E-state index is 12.0.